The van der Waals surface area contributed by atoms with Crippen molar-refractivity contribution < 1.29 is 0 Å². The van der Waals surface area contributed by atoms with E-state index in [1.807, 2.05) is 0 Å². The van der Waals surface area contributed by atoms with Gasteiger partial charge in [-0.25, -0.2) is 0 Å². The summed E-state index contributed by atoms with van der Waals surface area (Å²) >= 11 is 2.40. The summed E-state index contributed by atoms with van der Waals surface area (Å²) in [6.07, 6.45) is 1.22. The molecule has 1 N–H and O–H groups in total. The minimum Gasteiger partial charge on any atom is -0.385 e. The van der Waals surface area contributed by atoms with E-state index in [0.717, 1.165) is 6.54 Å². The molecule has 0 bridgehead atoms. The Labute approximate surface area is 99.4 Å². The molecule has 0 atom stereocenters. The quantitative estimate of drug-likeness (QED) is 0.721. The van der Waals surface area contributed by atoms with Gasteiger partial charge in [0.25, 0.3) is 0 Å². The highest BCUT2D eigenvalue weighted by atomic mass is 127. The lowest BCUT2D eigenvalue weighted by molar-refractivity contribution is 0.481. The van der Waals surface area contributed by atoms with Gasteiger partial charge >= 0.3 is 0 Å². The van der Waals surface area contributed by atoms with Crippen LogP contribution in [0.5, 0.6) is 0 Å². The lowest BCUT2D eigenvalue weighted by Crippen LogP contribution is -2.28. The van der Waals surface area contributed by atoms with Crippen molar-refractivity contribution in [2.24, 2.45) is 0 Å². The van der Waals surface area contributed by atoms with Crippen molar-refractivity contribution in [3.05, 3.63) is 26.8 Å². The van der Waals surface area contributed by atoms with Gasteiger partial charge in [0.1, 0.15) is 0 Å². The average Bonchev–Trinajstić information content (AvgIpc) is 2.11. The highest BCUT2D eigenvalue weighted by Gasteiger charge is 2.28. The predicted octanol–water partition coefficient (Wildman–Crippen LogP) is 3.69. The summed E-state index contributed by atoms with van der Waals surface area (Å²) in [7, 11) is 0. The number of rotatable bonds is 0. The third-order valence-electron chi connectivity index (χ3n) is 3.18. The van der Waals surface area contributed by atoms with Gasteiger partial charge in [-0.15, -0.1) is 0 Å². The molecule has 2 heteroatoms. The van der Waals surface area contributed by atoms with Crippen molar-refractivity contribution in [2.75, 3.05) is 11.9 Å². The highest BCUT2D eigenvalue weighted by molar-refractivity contribution is 14.1. The first-order valence-electron chi connectivity index (χ1n) is 5.06. The van der Waals surface area contributed by atoms with Crippen LogP contribution in [-0.2, 0) is 5.41 Å². The number of anilines is 1. The lowest BCUT2D eigenvalue weighted by atomic mass is 9.77. The Kier molecular flexibility index (Phi) is 2.50. The van der Waals surface area contributed by atoms with Crippen LogP contribution in [0.25, 0.3) is 0 Å². The van der Waals surface area contributed by atoms with Crippen molar-refractivity contribution in [1.82, 2.24) is 0 Å². The average molecular weight is 301 g/mol. The van der Waals surface area contributed by atoms with Gasteiger partial charge in [0.05, 0.1) is 0 Å². The normalized spacial score (nSPS) is 18.6. The summed E-state index contributed by atoms with van der Waals surface area (Å²) in [5.41, 5.74) is 4.57. The number of hydrogen-bond donors (Lipinski definition) is 1. The Morgan fingerprint density at radius 1 is 1.36 bits per heavy atom. The molecule has 0 fully saturated rings. The van der Waals surface area contributed by atoms with Gasteiger partial charge in [-0.1, -0.05) is 19.9 Å². The molecule has 76 valence electrons. The molecule has 14 heavy (non-hydrogen) atoms. The maximum Gasteiger partial charge on any atom is 0.0418 e. The van der Waals surface area contributed by atoms with Crippen LogP contribution in [0.1, 0.15) is 31.4 Å². The second-order valence-electron chi connectivity index (χ2n) is 4.66. The Hall–Kier alpha value is -0.250. The van der Waals surface area contributed by atoms with Crippen molar-refractivity contribution in [1.29, 1.82) is 0 Å². The first-order chi connectivity index (χ1) is 6.52. The number of nitrogens with one attached hydrogen (secondary N) is 1. The lowest BCUT2D eigenvalue weighted by Gasteiger charge is -2.34. The number of hydrogen-bond acceptors (Lipinski definition) is 1. The van der Waals surface area contributed by atoms with E-state index >= 15 is 0 Å². The van der Waals surface area contributed by atoms with Gasteiger partial charge in [-0.2, -0.15) is 0 Å². The van der Waals surface area contributed by atoms with Crippen LogP contribution in [0.3, 0.4) is 0 Å². The van der Waals surface area contributed by atoms with Crippen molar-refractivity contribution in [2.45, 2.75) is 32.6 Å². The van der Waals surface area contributed by atoms with E-state index in [1.54, 1.807) is 0 Å². The van der Waals surface area contributed by atoms with Crippen molar-refractivity contribution in [3.63, 3.8) is 0 Å². The van der Waals surface area contributed by atoms with Crippen LogP contribution in [0.2, 0.25) is 0 Å². The molecule has 0 spiro atoms. The van der Waals surface area contributed by atoms with E-state index in [1.165, 1.54) is 26.8 Å². The van der Waals surface area contributed by atoms with E-state index in [0.29, 0.717) is 5.41 Å². The van der Waals surface area contributed by atoms with Crippen LogP contribution in [-0.4, -0.2) is 6.54 Å². The Morgan fingerprint density at radius 3 is 2.79 bits per heavy atom. The topological polar surface area (TPSA) is 12.0 Å². The smallest absolute Gasteiger partial charge is 0.0418 e. The van der Waals surface area contributed by atoms with Crippen molar-refractivity contribution >= 4 is 28.3 Å². The van der Waals surface area contributed by atoms with Gasteiger partial charge in [0, 0.05) is 15.8 Å². The van der Waals surface area contributed by atoms with Gasteiger partial charge < -0.3 is 5.32 Å². The fourth-order valence-corrected chi connectivity index (χ4v) is 2.56. The number of fused-ring (bicyclic) bond motifs is 1. The monoisotopic (exact) mass is 301 g/mol. The summed E-state index contributed by atoms with van der Waals surface area (Å²) in [6.45, 7) is 7.97. The zero-order valence-corrected chi connectivity index (χ0v) is 11.1. The Bertz CT molecular complexity index is 369. The third-order valence-corrected chi connectivity index (χ3v) is 4.35. The first kappa shape index (κ1) is 10.3. The zero-order valence-electron chi connectivity index (χ0n) is 8.95. The van der Waals surface area contributed by atoms with E-state index in [-0.39, 0.29) is 0 Å². The molecular weight excluding hydrogens is 285 g/mol. The molecule has 0 saturated heterocycles. The minimum absolute atomic E-state index is 0.329. The van der Waals surface area contributed by atoms with E-state index in [4.69, 9.17) is 0 Å². The SMILES string of the molecule is Cc1c(I)ccc2c1NCCC2(C)C. The molecule has 1 heterocycles. The maximum absolute atomic E-state index is 3.52. The summed E-state index contributed by atoms with van der Waals surface area (Å²) in [5.74, 6) is 0. The zero-order chi connectivity index (χ0) is 10.3. The Balaban J connectivity index is 2.62. The molecule has 0 aromatic heterocycles. The predicted molar refractivity (Wildman–Crippen MR) is 70.0 cm³/mol. The first-order valence-corrected chi connectivity index (χ1v) is 6.14. The minimum atomic E-state index is 0.329. The van der Waals surface area contributed by atoms with Gasteiger partial charge in [-0.3, -0.25) is 0 Å². The molecule has 1 aromatic carbocycles. The number of benzene rings is 1. The van der Waals surface area contributed by atoms with Crippen molar-refractivity contribution in [3.8, 4) is 0 Å². The molecule has 1 aliphatic rings. The summed E-state index contributed by atoms with van der Waals surface area (Å²) in [5, 5.41) is 3.52. The molecule has 0 saturated carbocycles. The molecule has 0 aliphatic carbocycles. The van der Waals surface area contributed by atoms with Crippen LogP contribution in [0.4, 0.5) is 5.69 Å². The molecule has 2 rings (SSSR count). The standard InChI is InChI=1S/C12H16IN/c1-8-10(13)5-4-9-11(8)14-7-6-12(9,2)3/h4-5,14H,6-7H2,1-3H3. The molecule has 1 aromatic rings. The highest BCUT2D eigenvalue weighted by Crippen LogP contribution is 2.39. The molecule has 0 radical (unpaired) electrons. The maximum atomic E-state index is 3.52. The van der Waals surface area contributed by atoms with Crippen LogP contribution in [0.15, 0.2) is 12.1 Å². The van der Waals surface area contributed by atoms with E-state index in [9.17, 15) is 0 Å². The van der Waals surface area contributed by atoms with Crippen LogP contribution >= 0.6 is 22.6 Å². The molecular formula is C12H16IN. The molecule has 1 aliphatic heterocycles. The van der Waals surface area contributed by atoms with Gasteiger partial charge in [0.2, 0.25) is 0 Å². The fraction of sp³-hybridized carbons (Fsp3) is 0.500. The molecule has 0 unspecified atom stereocenters. The number of halogens is 1. The van der Waals surface area contributed by atoms with Crippen LogP contribution < -0.4 is 5.32 Å². The van der Waals surface area contributed by atoms with Gasteiger partial charge in [0.15, 0.2) is 0 Å². The Morgan fingerprint density at radius 2 is 2.07 bits per heavy atom. The van der Waals surface area contributed by atoms with Crippen LogP contribution in [0, 0.1) is 10.5 Å². The van der Waals surface area contributed by atoms with E-state index < -0.39 is 0 Å². The third kappa shape index (κ3) is 1.53. The fourth-order valence-electron chi connectivity index (χ4n) is 2.11. The summed E-state index contributed by atoms with van der Waals surface area (Å²) in [4.78, 5) is 0. The molecule has 0 amide bonds. The summed E-state index contributed by atoms with van der Waals surface area (Å²) in [6, 6.07) is 4.50. The van der Waals surface area contributed by atoms with E-state index in [2.05, 4.69) is 60.8 Å². The summed E-state index contributed by atoms with van der Waals surface area (Å²) < 4.78 is 1.35. The second-order valence-corrected chi connectivity index (χ2v) is 5.82. The largest absolute Gasteiger partial charge is 0.385 e. The van der Waals surface area contributed by atoms with Gasteiger partial charge in [-0.05, 0) is 58.5 Å². The molecule has 1 nitrogen and oxygen atoms in total. The second kappa shape index (κ2) is 3.40.